The lowest BCUT2D eigenvalue weighted by Crippen LogP contribution is -2.32. The molecular formula is C19H18ClFN4O2. The van der Waals surface area contributed by atoms with Gasteiger partial charge in [-0.2, -0.15) is 0 Å². The van der Waals surface area contributed by atoms with E-state index in [1.807, 2.05) is 0 Å². The van der Waals surface area contributed by atoms with Crippen LogP contribution in [0.4, 0.5) is 10.1 Å². The molecule has 0 saturated heterocycles. The van der Waals surface area contributed by atoms with Crippen LogP contribution in [-0.4, -0.2) is 26.3 Å². The van der Waals surface area contributed by atoms with E-state index in [0.717, 1.165) is 0 Å². The number of fused-ring (bicyclic) bond motifs is 1. The standard InChI is InChI=1S/C19H18ClFN4O2/c1-11-23-16-13(5-4-8-22-16)17(26)25(11)12-6-7-14(21)15(9-12)24-18(27)19(2,3)10-20/h4-9H,10H2,1-3H3,(H,24,27). The number of nitrogens with zero attached hydrogens (tertiary/aromatic N) is 3. The summed E-state index contributed by atoms with van der Waals surface area (Å²) in [5.74, 6) is -0.548. The number of hydrogen-bond acceptors (Lipinski definition) is 4. The number of nitrogens with one attached hydrogen (secondary N) is 1. The van der Waals surface area contributed by atoms with Gasteiger partial charge >= 0.3 is 0 Å². The Bertz CT molecular complexity index is 1090. The Morgan fingerprint density at radius 1 is 1.33 bits per heavy atom. The molecule has 0 bridgehead atoms. The minimum atomic E-state index is -0.868. The molecular weight excluding hydrogens is 371 g/mol. The summed E-state index contributed by atoms with van der Waals surface area (Å²) < 4.78 is 15.6. The lowest BCUT2D eigenvalue weighted by atomic mass is 9.95. The Morgan fingerprint density at radius 2 is 2.07 bits per heavy atom. The Balaban J connectivity index is 2.11. The van der Waals surface area contributed by atoms with Gasteiger partial charge in [0.15, 0.2) is 5.65 Å². The number of alkyl halides is 1. The normalized spacial score (nSPS) is 11.6. The van der Waals surface area contributed by atoms with Crippen molar-refractivity contribution >= 4 is 34.2 Å². The Labute approximate surface area is 160 Å². The van der Waals surface area contributed by atoms with Crippen molar-refractivity contribution in [3.8, 4) is 5.69 Å². The van der Waals surface area contributed by atoms with E-state index >= 15 is 0 Å². The van der Waals surface area contributed by atoms with Crippen LogP contribution in [0.1, 0.15) is 19.7 Å². The van der Waals surface area contributed by atoms with Crippen molar-refractivity contribution in [2.45, 2.75) is 20.8 Å². The van der Waals surface area contributed by atoms with Gasteiger partial charge in [0.1, 0.15) is 11.6 Å². The van der Waals surface area contributed by atoms with Crippen LogP contribution in [0.2, 0.25) is 0 Å². The van der Waals surface area contributed by atoms with Gasteiger partial charge in [-0.25, -0.2) is 14.4 Å². The molecule has 1 aromatic carbocycles. The minimum absolute atomic E-state index is 0.0340. The van der Waals surface area contributed by atoms with Crippen LogP contribution in [0.15, 0.2) is 41.3 Å². The first-order valence-corrected chi connectivity index (χ1v) is 8.80. The van der Waals surface area contributed by atoms with Crippen LogP contribution < -0.4 is 10.9 Å². The highest BCUT2D eigenvalue weighted by atomic mass is 35.5. The van der Waals surface area contributed by atoms with Crippen molar-refractivity contribution in [3.63, 3.8) is 0 Å². The average molecular weight is 389 g/mol. The van der Waals surface area contributed by atoms with Crippen LogP contribution in [0.3, 0.4) is 0 Å². The Hall–Kier alpha value is -2.80. The third-order valence-electron chi connectivity index (χ3n) is 4.22. The Kier molecular flexibility index (Phi) is 4.97. The van der Waals surface area contributed by atoms with Gasteiger partial charge in [0, 0.05) is 12.1 Å². The van der Waals surface area contributed by atoms with E-state index in [1.54, 1.807) is 39.1 Å². The molecule has 140 valence electrons. The summed E-state index contributed by atoms with van der Waals surface area (Å²) in [5.41, 5.74) is -0.497. The minimum Gasteiger partial charge on any atom is -0.323 e. The maximum Gasteiger partial charge on any atom is 0.267 e. The third-order valence-corrected chi connectivity index (χ3v) is 4.88. The van der Waals surface area contributed by atoms with Crippen molar-refractivity contribution in [1.29, 1.82) is 0 Å². The molecule has 0 fully saturated rings. The monoisotopic (exact) mass is 388 g/mol. The fraction of sp³-hybridized carbons (Fsp3) is 0.263. The van der Waals surface area contributed by atoms with E-state index in [9.17, 15) is 14.0 Å². The largest absolute Gasteiger partial charge is 0.323 e. The van der Waals surface area contributed by atoms with Gasteiger partial charge in [-0.1, -0.05) is 0 Å². The number of rotatable bonds is 4. The van der Waals surface area contributed by atoms with E-state index in [4.69, 9.17) is 11.6 Å². The second-order valence-corrected chi connectivity index (χ2v) is 7.08. The first-order valence-electron chi connectivity index (χ1n) is 8.26. The summed E-state index contributed by atoms with van der Waals surface area (Å²) in [6.45, 7) is 4.98. The molecule has 0 spiro atoms. The van der Waals surface area contributed by atoms with Crippen LogP contribution in [0.5, 0.6) is 0 Å². The number of aryl methyl sites for hydroxylation is 1. The van der Waals surface area contributed by atoms with E-state index < -0.39 is 17.1 Å². The lowest BCUT2D eigenvalue weighted by Gasteiger charge is -2.21. The molecule has 0 aliphatic carbocycles. The molecule has 6 nitrogen and oxygen atoms in total. The van der Waals surface area contributed by atoms with Crippen LogP contribution in [-0.2, 0) is 4.79 Å². The molecule has 0 unspecified atom stereocenters. The maximum absolute atomic E-state index is 14.2. The highest BCUT2D eigenvalue weighted by molar-refractivity contribution is 6.20. The number of hydrogen-bond donors (Lipinski definition) is 1. The number of halogens is 2. The van der Waals surface area contributed by atoms with Crippen molar-refractivity contribution in [1.82, 2.24) is 14.5 Å². The molecule has 2 aromatic heterocycles. The molecule has 3 rings (SSSR count). The van der Waals surface area contributed by atoms with Crippen molar-refractivity contribution in [2.24, 2.45) is 5.41 Å². The molecule has 2 heterocycles. The summed E-state index contributed by atoms with van der Waals surface area (Å²) in [4.78, 5) is 33.6. The number of amides is 1. The molecule has 0 saturated carbocycles. The molecule has 1 amide bonds. The highest BCUT2D eigenvalue weighted by Crippen LogP contribution is 2.24. The first kappa shape index (κ1) is 19.0. The smallest absolute Gasteiger partial charge is 0.267 e. The van der Waals surface area contributed by atoms with Gasteiger partial charge in [-0.15, -0.1) is 11.6 Å². The molecule has 8 heteroatoms. The van der Waals surface area contributed by atoms with Gasteiger partial charge in [0.2, 0.25) is 5.91 Å². The van der Waals surface area contributed by atoms with E-state index in [1.165, 1.54) is 22.8 Å². The maximum atomic E-state index is 14.2. The average Bonchev–Trinajstić information content (AvgIpc) is 2.64. The molecule has 3 aromatic rings. The number of anilines is 1. The summed E-state index contributed by atoms with van der Waals surface area (Å²) in [7, 11) is 0. The highest BCUT2D eigenvalue weighted by Gasteiger charge is 2.27. The zero-order chi connectivity index (χ0) is 19.8. The summed E-state index contributed by atoms with van der Waals surface area (Å²) in [5, 5.41) is 2.89. The molecule has 27 heavy (non-hydrogen) atoms. The second kappa shape index (κ2) is 7.08. The van der Waals surface area contributed by atoms with E-state index in [2.05, 4.69) is 15.3 Å². The number of pyridine rings is 1. The van der Waals surface area contributed by atoms with E-state index in [0.29, 0.717) is 22.5 Å². The first-order chi connectivity index (χ1) is 12.7. The van der Waals surface area contributed by atoms with Gasteiger partial charge < -0.3 is 5.32 Å². The molecule has 0 aliphatic heterocycles. The summed E-state index contributed by atoms with van der Waals surface area (Å²) >= 11 is 5.80. The molecule has 0 radical (unpaired) electrons. The number of benzene rings is 1. The zero-order valence-electron chi connectivity index (χ0n) is 15.1. The van der Waals surface area contributed by atoms with Crippen molar-refractivity contribution < 1.29 is 9.18 Å². The summed E-state index contributed by atoms with van der Waals surface area (Å²) in [6.07, 6.45) is 1.56. The SMILES string of the molecule is Cc1nc2ncccc2c(=O)n1-c1ccc(F)c(NC(=O)C(C)(C)CCl)c1. The van der Waals surface area contributed by atoms with Crippen molar-refractivity contribution in [2.75, 3.05) is 11.2 Å². The molecule has 0 atom stereocenters. The van der Waals surface area contributed by atoms with Gasteiger partial charge in [-0.05, 0) is 51.1 Å². The van der Waals surface area contributed by atoms with Gasteiger partial charge in [0.25, 0.3) is 5.56 Å². The number of carbonyl (C=O) groups excluding carboxylic acids is 1. The lowest BCUT2D eigenvalue weighted by molar-refractivity contribution is -0.123. The summed E-state index contributed by atoms with van der Waals surface area (Å²) in [6, 6.07) is 7.32. The quantitative estimate of drug-likeness (QED) is 0.694. The van der Waals surface area contributed by atoms with Crippen molar-refractivity contribution in [3.05, 3.63) is 58.5 Å². The van der Waals surface area contributed by atoms with Crippen LogP contribution in [0, 0.1) is 18.2 Å². The topological polar surface area (TPSA) is 76.9 Å². The van der Waals surface area contributed by atoms with Crippen LogP contribution >= 0.6 is 11.6 Å². The predicted octanol–water partition coefficient (Wildman–Crippen LogP) is 3.43. The number of carbonyl (C=O) groups is 1. The predicted molar refractivity (Wildman–Crippen MR) is 103 cm³/mol. The van der Waals surface area contributed by atoms with Gasteiger partial charge in [0.05, 0.1) is 22.2 Å². The van der Waals surface area contributed by atoms with Crippen LogP contribution in [0.25, 0.3) is 16.7 Å². The third kappa shape index (κ3) is 3.55. The second-order valence-electron chi connectivity index (χ2n) is 6.81. The Morgan fingerprint density at radius 3 is 2.78 bits per heavy atom. The fourth-order valence-corrected chi connectivity index (χ4v) is 2.65. The molecule has 1 N–H and O–H groups in total. The fourth-order valence-electron chi connectivity index (χ4n) is 2.53. The zero-order valence-corrected chi connectivity index (χ0v) is 15.8. The number of aromatic nitrogens is 3. The molecule has 0 aliphatic rings. The van der Waals surface area contributed by atoms with E-state index in [-0.39, 0.29) is 17.1 Å². The van der Waals surface area contributed by atoms with Gasteiger partial charge in [-0.3, -0.25) is 14.2 Å².